The van der Waals surface area contributed by atoms with Gasteiger partial charge in [0.1, 0.15) is 6.04 Å². The molecule has 0 aromatic heterocycles. The summed E-state index contributed by atoms with van der Waals surface area (Å²) in [5, 5.41) is 2.84. The first-order valence-corrected chi connectivity index (χ1v) is 7.43. The van der Waals surface area contributed by atoms with Gasteiger partial charge in [-0.05, 0) is 31.2 Å². The smallest absolute Gasteiger partial charge is 0.325 e. The van der Waals surface area contributed by atoms with Gasteiger partial charge in [-0.1, -0.05) is 43.2 Å². The average molecular weight is 272 g/mol. The predicted octanol–water partition coefficient (Wildman–Crippen LogP) is 2.48. The second-order valence-electron chi connectivity index (χ2n) is 5.67. The van der Waals surface area contributed by atoms with Gasteiger partial charge in [0.15, 0.2) is 0 Å². The molecule has 1 aliphatic carbocycles. The lowest BCUT2D eigenvalue weighted by molar-refractivity contribution is -0.129. The highest BCUT2D eigenvalue weighted by atomic mass is 16.2. The second-order valence-corrected chi connectivity index (χ2v) is 5.67. The Morgan fingerprint density at radius 1 is 1.10 bits per heavy atom. The maximum Gasteiger partial charge on any atom is 0.325 e. The molecule has 0 radical (unpaired) electrons. The fourth-order valence-electron chi connectivity index (χ4n) is 3.21. The normalized spacial score (nSPS) is 23.4. The number of imide groups is 1. The van der Waals surface area contributed by atoms with Gasteiger partial charge in [0.05, 0.1) is 0 Å². The quantitative estimate of drug-likeness (QED) is 0.856. The van der Waals surface area contributed by atoms with Crippen molar-refractivity contribution in [2.45, 2.75) is 50.6 Å². The summed E-state index contributed by atoms with van der Waals surface area (Å²) in [5.74, 6) is -0.0298. The van der Waals surface area contributed by atoms with Crippen LogP contribution in [0.5, 0.6) is 0 Å². The predicted molar refractivity (Wildman–Crippen MR) is 76.2 cm³/mol. The van der Waals surface area contributed by atoms with Gasteiger partial charge in [-0.15, -0.1) is 0 Å². The number of hydrogen-bond acceptors (Lipinski definition) is 2. The molecular formula is C16H20N2O2. The van der Waals surface area contributed by atoms with Crippen LogP contribution in [0, 0.1) is 0 Å². The second kappa shape index (κ2) is 5.65. The molecule has 1 saturated heterocycles. The summed E-state index contributed by atoms with van der Waals surface area (Å²) in [6.45, 7) is 0. The van der Waals surface area contributed by atoms with E-state index in [4.69, 9.17) is 0 Å². The van der Waals surface area contributed by atoms with Crippen molar-refractivity contribution in [1.82, 2.24) is 10.2 Å². The third-order valence-corrected chi connectivity index (χ3v) is 4.31. The van der Waals surface area contributed by atoms with Crippen molar-refractivity contribution in [3.8, 4) is 0 Å². The average Bonchev–Trinajstić information content (AvgIpc) is 3.06. The van der Waals surface area contributed by atoms with E-state index in [1.54, 1.807) is 0 Å². The highest BCUT2D eigenvalue weighted by Crippen LogP contribution is 2.27. The van der Waals surface area contributed by atoms with Gasteiger partial charge in [0, 0.05) is 6.04 Å². The van der Waals surface area contributed by atoms with Gasteiger partial charge >= 0.3 is 6.03 Å². The molecule has 0 bridgehead atoms. The maximum absolute atomic E-state index is 12.4. The minimum Gasteiger partial charge on any atom is -0.326 e. The van der Waals surface area contributed by atoms with Crippen LogP contribution in [0.15, 0.2) is 30.3 Å². The van der Waals surface area contributed by atoms with Crippen molar-refractivity contribution in [1.29, 1.82) is 0 Å². The Kier molecular flexibility index (Phi) is 3.72. The van der Waals surface area contributed by atoms with Crippen molar-refractivity contribution >= 4 is 11.9 Å². The van der Waals surface area contributed by atoms with E-state index >= 15 is 0 Å². The molecule has 1 heterocycles. The summed E-state index contributed by atoms with van der Waals surface area (Å²) in [6.07, 6.45) is 5.66. The first-order chi connectivity index (χ1) is 9.75. The summed E-state index contributed by atoms with van der Waals surface area (Å²) >= 11 is 0. The zero-order chi connectivity index (χ0) is 13.9. The number of aryl methyl sites for hydroxylation is 1. The highest BCUT2D eigenvalue weighted by molar-refractivity contribution is 6.04. The molecular weight excluding hydrogens is 252 g/mol. The first-order valence-electron chi connectivity index (χ1n) is 7.43. The van der Waals surface area contributed by atoms with Gasteiger partial charge in [-0.3, -0.25) is 9.69 Å². The lowest BCUT2D eigenvalue weighted by atomic mass is 10.0. The van der Waals surface area contributed by atoms with Gasteiger partial charge in [0.2, 0.25) is 0 Å². The molecule has 3 amide bonds. The molecule has 1 aromatic carbocycles. The molecule has 1 aromatic rings. The zero-order valence-corrected chi connectivity index (χ0v) is 11.5. The van der Waals surface area contributed by atoms with Crippen LogP contribution < -0.4 is 5.32 Å². The lowest BCUT2D eigenvalue weighted by Crippen LogP contribution is -2.39. The number of nitrogens with zero attached hydrogens (tertiary/aromatic N) is 1. The van der Waals surface area contributed by atoms with Crippen molar-refractivity contribution in [3.63, 3.8) is 0 Å². The molecule has 4 heteroatoms. The number of benzene rings is 1. The Morgan fingerprint density at radius 3 is 2.50 bits per heavy atom. The Balaban J connectivity index is 1.61. The number of carbonyl (C=O) groups is 2. The number of rotatable bonds is 4. The standard InChI is InChI=1S/C16H20N2O2/c19-15-14(11-10-12-6-2-1-3-7-12)17-16(20)18(15)13-8-4-5-9-13/h1-3,6-7,13-14H,4-5,8-11H2,(H,17,20). The minimum absolute atomic E-state index is 0.0298. The molecule has 1 aliphatic heterocycles. The van der Waals surface area contributed by atoms with Crippen LogP contribution in [0.3, 0.4) is 0 Å². The van der Waals surface area contributed by atoms with Crippen molar-refractivity contribution in [2.24, 2.45) is 0 Å². The molecule has 3 rings (SSSR count). The maximum atomic E-state index is 12.4. The van der Waals surface area contributed by atoms with Gasteiger partial charge < -0.3 is 5.32 Å². The van der Waals surface area contributed by atoms with Crippen molar-refractivity contribution in [3.05, 3.63) is 35.9 Å². The van der Waals surface area contributed by atoms with Crippen LogP contribution in [0.25, 0.3) is 0 Å². The van der Waals surface area contributed by atoms with E-state index < -0.39 is 0 Å². The Hall–Kier alpha value is -1.84. The first kappa shape index (κ1) is 13.2. The van der Waals surface area contributed by atoms with Gasteiger partial charge in [0.25, 0.3) is 5.91 Å². The highest BCUT2D eigenvalue weighted by Gasteiger charge is 2.42. The fourth-order valence-corrected chi connectivity index (χ4v) is 3.21. The van der Waals surface area contributed by atoms with E-state index in [9.17, 15) is 9.59 Å². The number of hydrogen-bond donors (Lipinski definition) is 1. The van der Waals surface area contributed by atoms with Crippen LogP contribution in [-0.2, 0) is 11.2 Å². The third-order valence-electron chi connectivity index (χ3n) is 4.31. The topological polar surface area (TPSA) is 49.4 Å². The van der Waals surface area contributed by atoms with Crippen LogP contribution in [0.4, 0.5) is 4.79 Å². The monoisotopic (exact) mass is 272 g/mol. The van der Waals surface area contributed by atoms with E-state index in [2.05, 4.69) is 17.4 Å². The molecule has 106 valence electrons. The zero-order valence-electron chi connectivity index (χ0n) is 11.5. The molecule has 1 N–H and O–H groups in total. The molecule has 20 heavy (non-hydrogen) atoms. The summed E-state index contributed by atoms with van der Waals surface area (Å²) in [6, 6.07) is 9.66. The van der Waals surface area contributed by atoms with Crippen LogP contribution >= 0.6 is 0 Å². The van der Waals surface area contributed by atoms with Crippen LogP contribution in [0.2, 0.25) is 0 Å². The van der Waals surface area contributed by atoms with E-state index in [-0.39, 0.29) is 24.0 Å². The number of carbonyl (C=O) groups excluding carboxylic acids is 2. The number of nitrogens with one attached hydrogen (secondary N) is 1. The molecule has 4 nitrogen and oxygen atoms in total. The minimum atomic E-state index is -0.344. The van der Waals surface area contributed by atoms with Crippen molar-refractivity contribution in [2.75, 3.05) is 0 Å². The largest absolute Gasteiger partial charge is 0.326 e. The Morgan fingerprint density at radius 2 is 1.80 bits per heavy atom. The fraction of sp³-hybridized carbons (Fsp3) is 0.500. The Bertz CT molecular complexity index is 494. The summed E-state index contributed by atoms with van der Waals surface area (Å²) in [7, 11) is 0. The van der Waals surface area contributed by atoms with Crippen molar-refractivity contribution < 1.29 is 9.59 Å². The van der Waals surface area contributed by atoms with Gasteiger partial charge in [-0.25, -0.2) is 4.79 Å². The summed E-state index contributed by atoms with van der Waals surface area (Å²) in [5.41, 5.74) is 1.20. The third kappa shape index (κ3) is 2.55. The SMILES string of the molecule is O=C1NC(CCc2ccccc2)C(=O)N1C1CCCC1. The molecule has 1 unspecified atom stereocenters. The number of urea groups is 1. The van der Waals surface area contributed by atoms with E-state index in [1.807, 2.05) is 18.2 Å². The van der Waals surface area contributed by atoms with Crippen LogP contribution in [0.1, 0.15) is 37.7 Å². The molecule has 2 aliphatic rings. The van der Waals surface area contributed by atoms with Crippen LogP contribution in [-0.4, -0.2) is 28.9 Å². The summed E-state index contributed by atoms with van der Waals surface area (Å²) < 4.78 is 0. The number of amides is 3. The molecule has 1 saturated carbocycles. The Labute approximate surface area is 119 Å². The van der Waals surface area contributed by atoms with E-state index in [0.717, 1.165) is 32.1 Å². The van der Waals surface area contributed by atoms with Gasteiger partial charge in [-0.2, -0.15) is 0 Å². The lowest BCUT2D eigenvalue weighted by Gasteiger charge is -2.20. The van der Waals surface area contributed by atoms with E-state index in [0.29, 0.717) is 6.42 Å². The molecule has 0 spiro atoms. The molecule has 1 atom stereocenters. The molecule has 2 fully saturated rings. The van der Waals surface area contributed by atoms with E-state index in [1.165, 1.54) is 10.5 Å². The summed E-state index contributed by atoms with van der Waals surface area (Å²) in [4.78, 5) is 25.8.